The van der Waals surface area contributed by atoms with Crippen molar-refractivity contribution in [2.45, 2.75) is 19.4 Å². The molecule has 0 bridgehead atoms. The van der Waals surface area contributed by atoms with Crippen molar-refractivity contribution in [1.82, 2.24) is 20.3 Å². The highest BCUT2D eigenvalue weighted by atomic mass is 35.5. The molecule has 0 spiro atoms. The number of hydrogen-bond donors (Lipinski definition) is 2. The van der Waals surface area contributed by atoms with Crippen LogP contribution in [-0.2, 0) is 13.5 Å². The quantitative estimate of drug-likeness (QED) is 0.678. The molecule has 2 aromatic heterocycles. The van der Waals surface area contributed by atoms with Gasteiger partial charge in [-0.25, -0.2) is 4.68 Å². The first kappa shape index (κ1) is 18.6. The summed E-state index contributed by atoms with van der Waals surface area (Å²) in [5.74, 6) is -0.137. The minimum atomic E-state index is -0.137. The molecule has 0 fully saturated rings. The number of thiophene rings is 1. The van der Waals surface area contributed by atoms with Gasteiger partial charge in [0.2, 0.25) is 0 Å². The average Bonchev–Trinajstić information content (AvgIpc) is 3.17. The van der Waals surface area contributed by atoms with Gasteiger partial charge < -0.3 is 11.1 Å². The number of amides is 1. The molecule has 3 rings (SSSR count). The fourth-order valence-corrected chi connectivity index (χ4v) is 3.98. The maximum absolute atomic E-state index is 12.7. The van der Waals surface area contributed by atoms with Crippen molar-refractivity contribution < 1.29 is 4.79 Å². The zero-order valence-corrected chi connectivity index (χ0v) is 16.1. The van der Waals surface area contributed by atoms with Crippen LogP contribution in [0.1, 0.15) is 20.1 Å². The van der Waals surface area contributed by atoms with Crippen LogP contribution in [0.3, 0.4) is 0 Å². The third kappa shape index (κ3) is 3.95. The predicted molar refractivity (Wildman–Crippen MR) is 105 cm³/mol. The molecule has 1 aromatic carbocycles. The third-order valence-corrected chi connectivity index (χ3v) is 5.43. The molecule has 136 valence electrons. The van der Waals surface area contributed by atoms with Crippen molar-refractivity contribution >= 4 is 28.8 Å². The number of rotatable bonds is 6. The summed E-state index contributed by atoms with van der Waals surface area (Å²) in [7, 11) is 1.77. The van der Waals surface area contributed by atoms with Gasteiger partial charge in [0, 0.05) is 30.1 Å². The van der Waals surface area contributed by atoms with Crippen LogP contribution in [0.4, 0.5) is 0 Å². The molecular weight excluding hydrogens is 370 g/mol. The number of carbonyl (C=O) groups excluding carboxylic acids is 1. The number of hydrogen-bond acceptors (Lipinski definition) is 5. The van der Waals surface area contributed by atoms with Crippen LogP contribution in [0.15, 0.2) is 36.4 Å². The molecule has 1 amide bonds. The molecule has 6 nitrogen and oxygen atoms in total. The monoisotopic (exact) mass is 389 g/mol. The summed E-state index contributed by atoms with van der Waals surface area (Å²) in [6.07, 6.45) is 0.692. The van der Waals surface area contributed by atoms with E-state index in [4.69, 9.17) is 17.3 Å². The lowest BCUT2D eigenvalue weighted by Crippen LogP contribution is -2.41. The number of nitrogens with zero attached hydrogens (tertiary/aromatic N) is 3. The van der Waals surface area contributed by atoms with Gasteiger partial charge in [0.05, 0.1) is 4.88 Å². The van der Waals surface area contributed by atoms with Gasteiger partial charge >= 0.3 is 0 Å². The van der Waals surface area contributed by atoms with Crippen LogP contribution < -0.4 is 11.1 Å². The summed E-state index contributed by atoms with van der Waals surface area (Å²) in [5.41, 5.74) is 8.56. The van der Waals surface area contributed by atoms with Crippen LogP contribution in [0.5, 0.6) is 0 Å². The van der Waals surface area contributed by atoms with Crippen LogP contribution >= 0.6 is 22.9 Å². The van der Waals surface area contributed by atoms with E-state index in [1.807, 2.05) is 43.3 Å². The molecule has 3 aromatic rings. The van der Waals surface area contributed by atoms with Crippen molar-refractivity contribution in [2.75, 3.05) is 6.54 Å². The van der Waals surface area contributed by atoms with E-state index >= 15 is 0 Å². The van der Waals surface area contributed by atoms with E-state index in [1.165, 1.54) is 11.3 Å². The maximum Gasteiger partial charge on any atom is 0.261 e. The van der Waals surface area contributed by atoms with Crippen molar-refractivity contribution in [3.8, 4) is 11.3 Å². The van der Waals surface area contributed by atoms with Gasteiger partial charge in [0.1, 0.15) is 5.69 Å². The molecule has 1 atom stereocenters. The van der Waals surface area contributed by atoms with E-state index in [-0.39, 0.29) is 11.9 Å². The molecule has 1 unspecified atom stereocenters. The van der Waals surface area contributed by atoms with Gasteiger partial charge in [-0.15, -0.1) is 16.4 Å². The SMILES string of the molecule is Cc1sc(C(=O)NC(CN)Cc2ccccc2)cc1-c1c(Cl)nnn1C. The van der Waals surface area contributed by atoms with E-state index in [0.717, 1.165) is 16.0 Å². The van der Waals surface area contributed by atoms with Crippen molar-refractivity contribution in [3.05, 3.63) is 56.9 Å². The number of aromatic nitrogens is 3. The standard InChI is InChI=1S/C18H20ClN5OS/c1-11-14(16-17(19)22-23-24(16)2)9-15(26-11)18(25)21-13(10-20)8-12-6-4-3-5-7-12/h3-7,9,13H,8,10,20H2,1-2H3,(H,21,25). The van der Waals surface area contributed by atoms with Crippen LogP contribution in [0, 0.1) is 6.92 Å². The van der Waals surface area contributed by atoms with Crippen molar-refractivity contribution in [2.24, 2.45) is 12.8 Å². The lowest BCUT2D eigenvalue weighted by atomic mass is 10.1. The first-order chi connectivity index (χ1) is 12.5. The van der Waals surface area contributed by atoms with Crippen molar-refractivity contribution in [1.29, 1.82) is 0 Å². The topological polar surface area (TPSA) is 85.8 Å². The Morgan fingerprint density at radius 1 is 1.38 bits per heavy atom. The Labute approximate surface area is 161 Å². The highest BCUT2D eigenvalue weighted by Gasteiger charge is 2.20. The molecule has 0 aliphatic rings. The molecule has 26 heavy (non-hydrogen) atoms. The minimum absolute atomic E-state index is 0.127. The van der Waals surface area contributed by atoms with Gasteiger partial charge in [-0.2, -0.15) is 0 Å². The van der Waals surface area contributed by atoms with Gasteiger partial charge in [0.25, 0.3) is 5.91 Å². The van der Waals surface area contributed by atoms with Crippen LogP contribution in [0.2, 0.25) is 5.15 Å². The number of halogens is 1. The largest absolute Gasteiger partial charge is 0.347 e. The molecule has 2 heterocycles. The number of nitrogens with one attached hydrogen (secondary N) is 1. The number of carbonyl (C=O) groups is 1. The second kappa shape index (κ2) is 7.99. The molecule has 0 aliphatic carbocycles. The number of benzene rings is 1. The van der Waals surface area contributed by atoms with Gasteiger partial charge in [-0.05, 0) is 25.0 Å². The Balaban J connectivity index is 1.77. The summed E-state index contributed by atoms with van der Waals surface area (Å²) in [4.78, 5) is 14.3. The molecular formula is C18H20ClN5OS. The number of aryl methyl sites for hydroxylation is 2. The predicted octanol–water partition coefficient (Wildman–Crippen LogP) is 2.81. The van der Waals surface area contributed by atoms with E-state index in [0.29, 0.717) is 28.7 Å². The third-order valence-electron chi connectivity index (χ3n) is 4.13. The van der Waals surface area contributed by atoms with Crippen molar-refractivity contribution in [3.63, 3.8) is 0 Å². The smallest absolute Gasteiger partial charge is 0.261 e. The Hall–Kier alpha value is -2.22. The Morgan fingerprint density at radius 3 is 2.73 bits per heavy atom. The normalized spacial score (nSPS) is 12.2. The Kier molecular flexibility index (Phi) is 5.70. The highest BCUT2D eigenvalue weighted by molar-refractivity contribution is 7.14. The van der Waals surface area contributed by atoms with Gasteiger partial charge in [-0.3, -0.25) is 4.79 Å². The molecule has 0 saturated carbocycles. The lowest BCUT2D eigenvalue weighted by molar-refractivity contribution is 0.0942. The second-order valence-electron chi connectivity index (χ2n) is 6.03. The molecule has 8 heteroatoms. The molecule has 0 saturated heterocycles. The minimum Gasteiger partial charge on any atom is -0.347 e. The van der Waals surface area contributed by atoms with E-state index in [1.54, 1.807) is 11.7 Å². The lowest BCUT2D eigenvalue weighted by Gasteiger charge is -2.16. The molecule has 3 N–H and O–H groups in total. The average molecular weight is 390 g/mol. The zero-order valence-electron chi connectivity index (χ0n) is 14.6. The first-order valence-corrected chi connectivity index (χ1v) is 9.40. The Bertz CT molecular complexity index is 886. The second-order valence-corrected chi connectivity index (χ2v) is 7.64. The summed E-state index contributed by atoms with van der Waals surface area (Å²) < 4.78 is 1.61. The summed E-state index contributed by atoms with van der Waals surface area (Å²) in [6, 6.07) is 11.7. The van der Waals surface area contributed by atoms with Gasteiger partial charge in [0.15, 0.2) is 5.15 Å². The Morgan fingerprint density at radius 2 is 2.12 bits per heavy atom. The summed E-state index contributed by atoms with van der Waals surface area (Å²) in [6.45, 7) is 2.32. The fraction of sp³-hybridized carbons (Fsp3) is 0.278. The van der Waals surface area contributed by atoms with E-state index in [2.05, 4.69) is 15.6 Å². The summed E-state index contributed by atoms with van der Waals surface area (Å²) >= 11 is 7.55. The fourth-order valence-electron chi connectivity index (χ4n) is 2.79. The zero-order chi connectivity index (χ0) is 18.7. The summed E-state index contributed by atoms with van der Waals surface area (Å²) in [5, 5.41) is 11.1. The van der Waals surface area contributed by atoms with Crippen LogP contribution in [0.25, 0.3) is 11.3 Å². The van der Waals surface area contributed by atoms with Crippen LogP contribution in [-0.4, -0.2) is 33.5 Å². The first-order valence-electron chi connectivity index (χ1n) is 8.20. The van der Waals surface area contributed by atoms with E-state index < -0.39 is 0 Å². The van der Waals surface area contributed by atoms with Gasteiger partial charge in [-0.1, -0.05) is 47.1 Å². The molecule has 0 aliphatic heterocycles. The number of nitrogens with two attached hydrogens (primary N) is 1. The van der Waals surface area contributed by atoms with E-state index in [9.17, 15) is 4.79 Å². The highest BCUT2D eigenvalue weighted by Crippen LogP contribution is 2.33. The molecule has 0 radical (unpaired) electrons. The maximum atomic E-state index is 12.7.